The lowest BCUT2D eigenvalue weighted by atomic mass is 9.76. The van der Waals surface area contributed by atoms with Gasteiger partial charge in [-0.25, -0.2) is 9.97 Å². The molecule has 37 heavy (non-hydrogen) atoms. The Morgan fingerprint density at radius 2 is 1.65 bits per heavy atom. The van der Waals surface area contributed by atoms with E-state index in [0.717, 1.165) is 39.3 Å². The maximum absolute atomic E-state index is 10.7. The molecule has 2 saturated carbocycles. The van der Waals surface area contributed by atoms with Crippen molar-refractivity contribution in [1.29, 1.82) is 0 Å². The van der Waals surface area contributed by atoms with Crippen molar-refractivity contribution in [3.63, 3.8) is 0 Å². The molecule has 4 atom stereocenters. The van der Waals surface area contributed by atoms with E-state index in [1.54, 1.807) is 11.3 Å². The van der Waals surface area contributed by atoms with Crippen molar-refractivity contribution < 1.29 is 15.3 Å². The van der Waals surface area contributed by atoms with Crippen LogP contribution < -0.4 is 10.6 Å². The Labute approximate surface area is 219 Å². The van der Waals surface area contributed by atoms with Crippen LogP contribution in [0.25, 0.3) is 20.8 Å². The standard InChI is InChI=1S/C28H31N5O3S/c1-15-23(27-32-20-9-5-6-10-22(20)37-27)26(31-21-13-18(14-34)24(35)25(21)36)33-28(29-15)30-19-11-17(12-19)16-7-3-2-4-8-16/h2-10,17-19,21,24-25,34-36H,11-14H2,1H3,(H2,29,30,31,33)/t17?,18-,19?,21-,24-,25+/m1/s1. The predicted molar refractivity (Wildman–Crippen MR) is 146 cm³/mol. The molecule has 9 heteroatoms. The highest BCUT2D eigenvalue weighted by molar-refractivity contribution is 7.21. The van der Waals surface area contributed by atoms with Crippen molar-refractivity contribution in [3.05, 3.63) is 65.9 Å². The molecule has 0 saturated heterocycles. The first-order valence-electron chi connectivity index (χ1n) is 12.8. The summed E-state index contributed by atoms with van der Waals surface area (Å²) >= 11 is 1.57. The Hall–Kier alpha value is -3.11. The highest BCUT2D eigenvalue weighted by Crippen LogP contribution is 2.40. The number of thiazole rings is 1. The van der Waals surface area contributed by atoms with Crippen molar-refractivity contribution >= 4 is 33.3 Å². The number of benzene rings is 2. The predicted octanol–water partition coefficient (Wildman–Crippen LogP) is 3.93. The number of aliphatic hydroxyl groups excluding tert-OH is 3. The fourth-order valence-corrected chi connectivity index (χ4v) is 6.58. The topological polar surface area (TPSA) is 123 Å². The van der Waals surface area contributed by atoms with E-state index in [-0.39, 0.29) is 18.6 Å². The van der Waals surface area contributed by atoms with Gasteiger partial charge in [0.15, 0.2) is 0 Å². The summed E-state index contributed by atoms with van der Waals surface area (Å²) in [6.07, 6.45) is 0.468. The molecule has 0 amide bonds. The van der Waals surface area contributed by atoms with Crippen LogP contribution in [0.3, 0.4) is 0 Å². The molecule has 0 aliphatic heterocycles. The smallest absolute Gasteiger partial charge is 0.225 e. The molecule has 0 bridgehead atoms. The lowest BCUT2D eigenvalue weighted by molar-refractivity contribution is 0.00446. The number of rotatable bonds is 7. The molecule has 4 aromatic rings. The number of aromatic nitrogens is 3. The van der Waals surface area contributed by atoms with Crippen molar-refractivity contribution in [2.75, 3.05) is 17.2 Å². The molecule has 0 unspecified atom stereocenters. The van der Waals surface area contributed by atoms with Crippen LogP contribution in [0.1, 0.15) is 36.4 Å². The Kier molecular flexibility index (Phi) is 6.54. The zero-order valence-corrected chi connectivity index (χ0v) is 21.4. The monoisotopic (exact) mass is 517 g/mol. The number of nitrogens with zero attached hydrogens (tertiary/aromatic N) is 3. The average Bonchev–Trinajstić information content (AvgIpc) is 3.42. The van der Waals surface area contributed by atoms with Gasteiger partial charge in [0.25, 0.3) is 0 Å². The zero-order chi connectivity index (χ0) is 25.5. The molecule has 2 aliphatic carbocycles. The number of hydrogen-bond acceptors (Lipinski definition) is 9. The first-order valence-corrected chi connectivity index (χ1v) is 13.6. The normalized spacial score (nSPS) is 27.2. The third-order valence-corrected chi connectivity index (χ3v) is 8.75. The molecule has 2 fully saturated rings. The molecular weight excluding hydrogens is 486 g/mol. The van der Waals surface area contributed by atoms with Crippen molar-refractivity contribution in [2.24, 2.45) is 5.92 Å². The fraction of sp³-hybridized carbons (Fsp3) is 0.393. The molecule has 2 heterocycles. The molecular formula is C28H31N5O3S. The third kappa shape index (κ3) is 4.68. The van der Waals surface area contributed by atoms with E-state index in [1.807, 2.05) is 37.3 Å². The lowest BCUT2D eigenvalue weighted by Crippen LogP contribution is -2.36. The van der Waals surface area contributed by atoms with Crippen molar-refractivity contribution in [2.45, 2.75) is 56.4 Å². The van der Waals surface area contributed by atoms with Crippen LogP contribution in [0.5, 0.6) is 0 Å². The molecule has 2 aromatic heterocycles. The summed E-state index contributed by atoms with van der Waals surface area (Å²) in [5.74, 6) is 1.25. The van der Waals surface area contributed by atoms with Gasteiger partial charge in [-0.15, -0.1) is 11.3 Å². The summed E-state index contributed by atoms with van der Waals surface area (Å²) in [5, 5.41) is 38.3. The van der Waals surface area contributed by atoms with Gasteiger partial charge in [0, 0.05) is 18.6 Å². The minimum absolute atomic E-state index is 0.180. The number of nitrogens with one attached hydrogen (secondary N) is 2. The molecule has 5 N–H and O–H groups in total. The molecule has 6 rings (SSSR count). The number of anilines is 2. The number of aliphatic hydroxyl groups is 3. The van der Waals surface area contributed by atoms with Gasteiger partial charge in [0.2, 0.25) is 5.95 Å². The van der Waals surface area contributed by atoms with Gasteiger partial charge in [-0.2, -0.15) is 4.98 Å². The maximum Gasteiger partial charge on any atom is 0.225 e. The maximum atomic E-state index is 10.7. The second-order valence-electron chi connectivity index (χ2n) is 10.2. The Bertz CT molecular complexity index is 1360. The lowest BCUT2D eigenvalue weighted by Gasteiger charge is -2.36. The fourth-order valence-electron chi connectivity index (χ4n) is 5.52. The van der Waals surface area contributed by atoms with Crippen LogP contribution in [-0.4, -0.2) is 61.2 Å². The minimum atomic E-state index is -1.01. The highest BCUT2D eigenvalue weighted by Gasteiger charge is 2.41. The Balaban J connectivity index is 1.30. The van der Waals surface area contributed by atoms with Gasteiger partial charge in [-0.05, 0) is 49.8 Å². The van der Waals surface area contributed by atoms with Crippen LogP contribution in [0.4, 0.5) is 11.8 Å². The Morgan fingerprint density at radius 1 is 0.892 bits per heavy atom. The average molecular weight is 518 g/mol. The molecule has 192 valence electrons. The quantitative estimate of drug-likeness (QED) is 0.250. The molecule has 2 aromatic carbocycles. The van der Waals surface area contributed by atoms with Gasteiger partial charge in [0.1, 0.15) is 16.9 Å². The van der Waals surface area contributed by atoms with E-state index >= 15 is 0 Å². The van der Waals surface area contributed by atoms with E-state index in [0.29, 0.717) is 24.1 Å². The van der Waals surface area contributed by atoms with E-state index in [4.69, 9.17) is 15.0 Å². The summed E-state index contributed by atoms with van der Waals surface area (Å²) in [7, 11) is 0. The largest absolute Gasteiger partial charge is 0.396 e. The first-order chi connectivity index (χ1) is 18.0. The SMILES string of the molecule is Cc1nc(NC2CC(c3ccccc3)C2)nc(N[C@@H]2C[C@H](CO)[C@@H](O)[C@H]2O)c1-c1nc2ccccc2s1. The zero-order valence-electron chi connectivity index (χ0n) is 20.6. The second kappa shape index (κ2) is 9.98. The van der Waals surface area contributed by atoms with Crippen LogP contribution in [-0.2, 0) is 0 Å². The van der Waals surface area contributed by atoms with Crippen molar-refractivity contribution in [3.8, 4) is 10.6 Å². The van der Waals surface area contributed by atoms with E-state index in [1.165, 1.54) is 5.56 Å². The summed E-state index contributed by atoms with van der Waals surface area (Å²) in [6, 6.07) is 18.4. The summed E-state index contributed by atoms with van der Waals surface area (Å²) in [5.41, 5.74) is 3.84. The first kappa shape index (κ1) is 24.2. The van der Waals surface area contributed by atoms with Crippen molar-refractivity contribution in [1.82, 2.24) is 15.0 Å². The van der Waals surface area contributed by atoms with Crippen LogP contribution in [0.15, 0.2) is 54.6 Å². The molecule has 8 nitrogen and oxygen atoms in total. The van der Waals surface area contributed by atoms with Gasteiger partial charge < -0.3 is 26.0 Å². The number of para-hydroxylation sites is 1. The number of fused-ring (bicyclic) bond motifs is 1. The molecule has 2 aliphatic rings. The van der Waals surface area contributed by atoms with Crippen LogP contribution in [0, 0.1) is 12.8 Å². The van der Waals surface area contributed by atoms with Gasteiger partial charge >= 0.3 is 0 Å². The van der Waals surface area contributed by atoms with Crippen LogP contribution >= 0.6 is 11.3 Å². The van der Waals surface area contributed by atoms with E-state index in [2.05, 4.69) is 34.9 Å². The van der Waals surface area contributed by atoms with E-state index < -0.39 is 18.2 Å². The highest BCUT2D eigenvalue weighted by atomic mass is 32.1. The van der Waals surface area contributed by atoms with Gasteiger partial charge in [-0.3, -0.25) is 0 Å². The summed E-state index contributed by atoms with van der Waals surface area (Å²) in [6.45, 7) is 1.77. The molecule has 0 spiro atoms. The third-order valence-electron chi connectivity index (χ3n) is 7.70. The van der Waals surface area contributed by atoms with Crippen LogP contribution in [0.2, 0.25) is 0 Å². The van der Waals surface area contributed by atoms with Gasteiger partial charge in [0.05, 0.1) is 33.6 Å². The van der Waals surface area contributed by atoms with Gasteiger partial charge in [-0.1, -0.05) is 42.5 Å². The number of aryl methyl sites for hydroxylation is 1. The molecule has 0 radical (unpaired) electrons. The Morgan fingerprint density at radius 3 is 2.38 bits per heavy atom. The second-order valence-corrected chi connectivity index (χ2v) is 11.2. The minimum Gasteiger partial charge on any atom is -0.396 e. The van der Waals surface area contributed by atoms with E-state index in [9.17, 15) is 15.3 Å². The number of hydrogen-bond donors (Lipinski definition) is 5. The summed E-state index contributed by atoms with van der Waals surface area (Å²) in [4.78, 5) is 14.5. The summed E-state index contributed by atoms with van der Waals surface area (Å²) < 4.78 is 1.07.